The standard InChI is InChI=1S/C20H25NO2/c1-22-19-10-7-15(13-20(19)23-2)11-12-21-18-9-8-16-5-3-4-6-17(16)14-18/h3-7,10,13,18,21H,8-9,11-12,14H2,1-2H3/t18-/m1/s1. The largest absolute Gasteiger partial charge is 0.493 e. The predicted molar refractivity (Wildman–Crippen MR) is 93.5 cm³/mol. The van der Waals surface area contributed by atoms with Gasteiger partial charge in [-0.25, -0.2) is 0 Å². The second-order valence-electron chi connectivity index (χ2n) is 6.10. The van der Waals surface area contributed by atoms with E-state index in [1.54, 1.807) is 14.2 Å². The Hall–Kier alpha value is -2.00. The molecule has 122 valence electrons. The molecule has 0 spiro atoms. The highest BCUT2D eigenvalue weighted by atomic mass is 16.5. The van der Waals surface area contributed by atoms with Crippen LogP contribution >= 0.6 is 0 Å². The number of hydrogen-bond donors (Lipinski definition) is 1. The first kappa shape index (κ1) is 15.9. The lowest BCUT2D eigenvalue weighted by Crippen LogP contribution is -2.35. The van der Waals surface area contributed by atoms with E-state index in [-0.39, 0.29) is 0 Å². The number of rotatable bonds is 6. The summed E-state index contributed by atoms with van der Waals surface area (Å²) >= 11 is 0. The van der Waals surface area contributed by atoms with Crippen LogP contribution in [0.4, 0.5) is 0 Å². The van der Waals surface area contributed by atoms with E-state index >= 15 is 0 Å². The molecule has 2 aromatic rings. The Morgan fingerprint density at radius 1 is 1.00 bits per heavy atom. The van der Waals surface area contributed by atoms with E-state index in [9.17, 15) is 0 Å². The van der Waals surface area contributed by atoms with Crippen LogP contribution in [-0.4, -0.2) is 26.8 Å². The summed E-state index contributed by atoms with van der Waals surface area (Å²) in [6.45, 7) is 0.988. The summed E-state index contributed by atoms with van der Waals surface area (Å²) < 4.78 is 10.7. The molecule has 1 atom stereocenters. The van der Waals surface area contributed by atoms with Crippen LogP contribution in [0.2, 0.25) is 0 Å². The lowest BCUT2D eigenvalue weighted by Gasteiger charge is -2.25. The van der Waals surface area contributed by atoms with Gasteiger partial charge in [-0.1, -0.05) is 30.3 Å². The molecule has 3 rings (SSSR count). The third-order valence-electron chi connectivity index (χ3n) is 4.64. The van der Waals surface area contributed by atoms with Gasteiger partial charge in [-0.15, -0.1) is 0 Å². The molecule has 0 unspecified atom stereocenters. The Bertz CT molecular complexity index is 654. The molecule has 0 saturated heterocycles. The fourth-order valence-electron chi connectivity index (χ4n) is 3.33. The van der Waals surface area contributed by atoms with Crippen molar-refractivity contribution in [2.75, 3.05) is 20.8 Å². The number of benzene rings is 2. The first-order valence-electron chi connectivity index (χ1n) is 8.31. The van der Waals surface area contributed by atoms with E-state index in [2.05, 4.69) is 41.7 Å². The van der Waals surface area contributed by atoms with Gasteiger partial charge in [0.25, 0.3) is 0 Å². The van der Waals surface area contributed by atoms with Crippen molar-refractivity contribution in [3.05, 3.63) is 59.2 Å². The molecule has 0 amide bonds. The van der Waals surface area contributed by atoms with E-state index in [4.69, 9.17) is 9.47 Å². The minimum absolute atomic E-state index is 0.588. The van der Waals surface area contributed by atoms with Crippen molar-refractivity contribution in [2.24, 2.45) is 0 Å². The maximum absolute atomic E-state index is 5.37. The Morgan fingerprint density at radius 2 is 1.78 bits per heavy atom. The van der Waals surface area contributed by atoms with Gasteiger partial charge < -0.3 is 14.8 Å². The normalized spacial score (nSPS) is 16.7. The number of ether oxygens (including phenoxy) is 2. The number of methoxy groups -OCH3 is 2. The molecule has 0 aliphatic heterocycles. The zero-order valence-electron chi connectivity index (χ0n) is 14.0. The molecule has 3 nitrogen and oxygen atoms in total. The topological polar surface area (TPSA) is 30.5 Å². The Balaban J connectivity index is 1.52. The van der Waals surface area contributed by atoms with Crippen molar-refractivity contribution >= 4 is 0 Å². The fraction of sp³-hybridized carbons (Fsp3) is 0.400. The van der Waals surface area contributed by atoms with Gasteiger partial charge in [-0.3, -0.25) is 0 Å². The summed E-state index contributed by atoms with van der Waals surface area (Å²) in [4.78, 5) is 0. The van der Waals surface area contributed by atoms with E-state index in [1.165, 1.54) is 29.5 Å². The maximum Gasteiger partial charge on any atom is 0.160 e. The fourth-order valence-corrected chi connectivity index (χ4v) is 3.33. The van der Waals surface area contributed by atoms with E-state index in [0.717, 1.165) is 30.9 Å². The highest BCUT2D eigenvalue weighted by Crippen LogP contribution is 2.27. The zero-order chi connectivity index (χ0) is 16.1. The van der Waals surface area contributed by atoms with Gasteiger partial charge in [0.05, 0.1) is 14.2 Å². The highest BCUT2D eigenvalue weighted by Gasteiger charge is 2.17. The molecule has 1 aliphatic rings. The van der Waals surface area contributed by atoms with Gasteiger partial charge in [0, 0.05) is 6.04 Å². The molecule has 23 heavy (non-hydrogen) atoms. The molecule has 0 bridgehead atoms. The Morgan fingerprint density at radius 3 is 2.57 bits per heavy atom. The molecule has 0 fully saturated rings. The molecule has 0 aromatic heterocycles. The number of hydrogen-bond acceptors (Lipinski definition) is 3. The van der Waals surface area contributed by atoms with Gasteiger partial charge >= 0.3 is 0 Å². The summed E-state index contributed by atoms with van der Waals surface area (Å²) in [5, 5.41) is 3.70. The van der Waals surface area contributed by atoms with Crippen molar-refractivity contribution < 1.29 is 9.47 Å². The van der Waals surface area contributed by atoms with E-state index in [1.807, 2.05) is 6.07 Å². The van der Waals surface area contributed by atoms with Gasteiger partial charge in [-0.05, 0) is 61.1 Å². The first-order valence-corrected chi connectivity index (χ1v) is 8.31. The SMILES string of the molecule is COc1ccc(CCN[C@@H]2CCc3ccccc3C2)cc1OC. The molecule has 1 aliphatic carbocycles. The van der Waals surface area contributed by atoms with Crippen LogP contribution in [0.1, 0.15) is 23.1 Å². The molecule has 0 saturated carbocycles. The Labute approximate surface area is 138 Å². The quantitative estimate of drug-likeness (QED) is 0.887. The van der Waals surface area contributed by atoms with Crippen molar-refractivity contribution in [2.45, 2.75) is 31.7 Å². The summed E-state index contributed by atoms with van der Waals surface area (Å²) in [7, 11) is 3.35. The van der Waals surface area contributed by atoms with Crippen LogP contribution in [0.5, 0.6) is 11.5 Å². The number of nitrogens with one attached hydrogen (secondary N) is 1. The molecule has 3 heteroatoms. The average Bonchev–Trinajstić information content (AvgIpc) is 2.61. The molecule has 2 aromatic carbocycles. The zero-order valence-corrected chi connectivity index (χ0v) is 14.0. The monoisotopic (exact) mass is 311 g/mol. The van der Waals surface area contributed by atoms with Crippen LogP contribution in [-0.2, 0) is 19.3 Å². The van der Waals surface area contributed by atoms with Crippen molar-refractivity contribution in [3.8, 4) is 11.5 Å². The van der Waals surface area contributed by atoms with Crippen molar-refractivity contribution in [1.29, 1.82) is 0 Å². The molecule has 0 heterocycles. The van der Waals surface area contributed by atoms with Gasteiger partial charge in [0.2, 0.25) is 0 Å². The summed E-state index contributed by atoms with van der Waals surface area (Å²) in [5.74, 6) is 1.59. The number of aryl methyl sites for hydroxylation is 1. The van der Waals surface area contributed by atoms with Crippen LogP contribution in [0.25, 0.3) is 0 Å². The lowest BCUT2D eigenvalue weighted by atomic mass is 9.88. The minimum Gasteiger partial charge on any atom is -0.493 e. The molecule has 1 N–H and O–H groups in total. The average molecular weight is 311 g/mol. The first-order chi connectivity index (χ1) is 11.3. The minimum atomic E-state index is 0.588. The Kier molecular flexibility index (Phi) is 5.19. The van der Waals surface area contributed by atoms with Crippen LogP contribution in [0.3, 0.4) is 0 Å². The predicted octanol–water partition coefficient (Wildman–Crippen LogP) is 3.39. The summed E-state index contributed by atoms with van der Waals surface area (Å²) in [6.07, 6.45) is 4.55. The second kappa shape index (κ2) is 7.51. The smallest absolute Gasteiger partial charge is 0.160 e. The molecular formula is C20H25NO2. The molecule has 0 radical (unpaired) electrons. The molecular weight excluding hydrogens is 286 g/mol. The van der Waals surface area contributed by atoms with Gasteiger partial charge in [0.1, 0.15) is 0 Å². The highest BCUT2D eigenvalue weighted by molar-refractivity contribution is 5.43. The van der Waals surface area contributed by atoms with Crippen molar-refractivity contribution in [3.63, 3.8) is 0 Å². The van der Waals surface area contributed by atoms with E-state index in [0.29, 0.717) is 6.04 Å². The van der Waals surface area contributed by atoms with Crippen LogP contribution in [0.15, 0.2) is 42.5 Å². The van der Waals surface area contributed by atoms with Crippen LogP contribution in [0, 0.1) is 0 Å². The number of fused-ring (bicyclic) bond motifs is 1. The lowest BCUT2D eigenvalue weighted by molar-refractivity contribution is 0.354. The summed E-state index contributed by atoms with van der Waals surface area (Å²) in [5.41, 5.74) is 4.29. The van der Waals surface area contributed by atoms with Gasteiger partial charge in [-0.2, -0.15) is 0 Å². The third-order valence-corrected chi connectivity index (χ3v) is 4.64. The van der Waals surface area contributed by atoms with Crippen molar-refractivity contribution in [1.82, 2.24) is 5.32 Å². The van der Waals surface area contributed by atoms with E-state index < -0.39 is 0 Å². The summed E-state index contributed by atoms with van der Waals surface area (Å²) in [6, 6.07) is 15.5. The second-order valence-corrected chi connectivity index (χ2v) is 6.10. The maximum atomic E-state index is 5.37. The van der Waals surface area contributed by atoms with Crippen LogP contribution < -0.4 is 14.8 Å². The van der Waals surface area contributed by atoms with Gasteiger partial charge in [0.15, 0.2) is 11.5 Å². The third kappa shape index (κ3) is 3.85.